The number of fused-ring (bicyclic) bond motifs is 1. The third-order valence-electron chi connectivity index (χ3n) is 6.07. The molecule has 1 aromatic carbocycles. The monoisotopic (exact) mass is 474 g/mol. The third-order valence-corrected chi connectivity index (χ3v) is 7.28. The number of ether oxygens (including phenoxy) is 3. The number of primary amides is 1. The van der Waals surface area contributed by atoms with Crippen LogP contribution in [0, 0.1) is 0 Å². The molecule has 7 nitrogen and oxygen atoms in total. The van der Waals surface area contributed by atoms with E-state index < -0.39 is 5.91 Å². The fourth-order valence-electron chi connectivity index (χ4n) is 4.36. The lowest BCUT2D eigenvalue weighted by atomic mass is 9.97. The molecule has 8 heteroatoms. The molecule has 0 aliphatic heterocycles. The van der Waals surface area contributed by atoms with E-state index in [4.69, 9.17) is 19.9 Å². The van der Waals surface area contributed by atoms with Crippen LogP contribution in [0.2, 0.25) is 0 Å². The summed E-state index contributed by atoms with van der Waals surface area (Å²) in [6, 6.07) is 3.18. The lowest BCUT2D eigenvalue weighted by Gasteiger charge is -2.14. The van der Waals surface area contributed by atoms with Crippen LogP contribution in [0.1, 0.15) is 82.5 Å². The molecular weight excluding hydrogens is 440 g/mol. The van der Waals surface area contributed by atoms with Gasteiger partial charge in [0.1, 0.15) is 5.00 Å². The maximum atomic E-state index is 13.2. The van der Waals surface area contributed by atoms with Crippen molar-refractivity contribution in [3.63, 3.8) is 0 Å². The van der Waals surface area contributed by atoms with Crippen molar-refractivity contribution in [3.8, 4) is 17.2 Å². The summed E-state index contributed by atoms with van der Waals surface area (Å²) >= 11 is 1.47. The molecule has 180 valence electrons. The van der Waals surface area contributed by atoms with Gasteiger partial charge in [-0.3, -0.25) is 9.59 Å². The average Bonchev–Trinajstić information content (AvgIpc) is 3.14. The zero-order valence-corrected chi connectivity index (χ0v) is 20.6. The van der Waals surface area contributed by atoms with Gasteiger partial charge in [0, 0.05) is 10.4 Å². The van der Waals surface area contributed by atoms with Crippen molar-refractivity contribution in [1.29, 1.82) is 0 Å². The second-order valence-electron chi connectivity index (χ2n) is 8.27. The lowest BCUT2D eigenvalue weighted by molar-refractivity contribution is 0.100. The molecule has 0 saturated carbocycles. The Labute approximate surface area is 199 Å². The van der Waals surface area contributed by atoms with E-state index in [1.54, 1.807) is 12.1 Å². The van der Waals surface area contributed by atoms with Gasteiger partial charge in [-0.05, 0) is 43.4 Å². The predicted octanol–water partition coefficient (Wildman–Crippen LogP) is 5.34. The number of hydrogen-bond acceptors (Lipinski definition) is 6. The molecule has 0 atom stereocenters. The molecule has 3 rings (SSSR count). The van der Waals surface area contributed by atoms with Crippen molar-refractivity contribution in [2.45, 2.75) is 64.2 Å². The summed E-state index contributed by atoms with van der Waals surface area (Å²) in [4.78, 5) is 26.8. The fourth-order valence-corrected chi connectivity index (χ4v) is 5.65. The summed E-state index contributed by atoms with van der Waals surface area (Å²) in [5.74, 6) is 0.312. The Morgan fingerprint density at radius 3 is 1.91 bits per heavy atom. The highest BCUT2D eigenvalue weighted by Gasteiger charge is 2.24. The van der Waals surface area contributed by atoms with E-state index in [0.717, 1.165) is 42.5 Å². The summed E-state index contributed by atoms with van der Waals surface area (Å²) < 4.78 is 16.1. The number of nitrogens with two attached hydrogens (primary N) is 1. The molecule has 0 radical (unpaired) electrons. The zero-order chi connectivity index (χ0) is 23.8. The van der Waals surface area contributed by atoms with E-state index in [0.29, 0.717) is 33.4 Å². The van der Waals surface area contributed by atoms with Gasteiger partial charge >= 0.3 is 0 Å². The fraction of sp³-hybridized carbons (Fsp3) is 0.520. The standard InChI is InChI=1S/C25H34N2O5S/c1-30-18-14-16(15-19(31-2)22(18)32-3)24(29)27-25-21(23(26)28)17-12-10-8-6-4-5-7-9-11-13-20(17)33-25/h14-15H,4-13H2,1-3H3,(H2,26,28)(H,27,29). The predicted molar refractivity (Wildman–Crippen MR) is 131 cm³/mol. The van der Waals surface area contributed by atoms with Gasteiger partial charge < -0.3 is 25.3 Å². The van der Waals surface area contributed by atoms with Gasteiger partial charge in [0.15, 0.2) is 11.5 Å². The Morgan fingerprint density at radius 1 is 0.848 bits per heavy atom. The lowest BCUT2D eigenvalue weighted by Crippen LogP contribution is -2.18. The van der Waals surface area contributed by atoms with Gasteiger partial charge in [-0.15, -0.1) is 11.3 Å². The summed E-state index contributed by atoms with van der Waals surface area (Å²) in [6.07, 6.45) is 11.1. The highest BCUT2D eigenvalue weighted by atomic mass is 32.1. The summed E-state index contributed by atoms with van der Waals surface area (Å²) in [7, 11) is 4.51. The van der Waals surface area contributed by atoms with Crippen LogP contribution in [-0.2, 0) is 12.8 Å². The number of hydrogen-bond donors (Lipinski definition) is 2. The van der Waals surface area contributed by atoms with E-state index in [-0.39, 0.29) is 5.91 Å². The largest absolute Gasteiger partial charge is 0.493 e. The van der Waals surface area contributed by atoms with Gasteiger partial charge in [0.25, 0.3) is 11.8 Å². The molecule has 3 N–H and O–H groups in total. The number of amides is 2. The van der Waals surface area contributed by atoms with Crippen LogP contribution >= 0.6 is 11.3 Å². The second-order valence-corrected chi connectivity index (χ2v) is 9.37. The first-order chi connectivity index (χ1) is 16.0. The van der Waals surface area contributed by atoms with E-state index >= 15 is 0 Å². The van der Waals surface area contributed by atoms with Crippen molar-refractivity contribution in [2.75, 3.05) is 26.6 Å². The number of carbonyl (C=O) groups excluding carboxylic acids is 2. The minimum Gasteiger partial charge on any atom is -0.493 e. The van der Waals surface area contributed by atoms with Crippen molar-refractivity contribution in [3.05, 3.63) is 33.7 Å². The maximum Gasteiger partial charge on any atom is 0.256 e. The molecule has 1 aliphatic carbocycles. The maximum absolute atomic E-state index is 13.2. The van der Waals surface area contributed by atoms with Crippen LogP contribution in [0.5, 0.6) is 17.2 Å². The number of carbonyl (C=O) groups is 2. The molecule has 0 bridgehead atoms. The SMILES string of the molecule is COc1cc(C(=O)Nc2sc3c(c2C(N)=O)CCCCCCCCCC3)cc(OC)c1OC. The van der Waals surface area contributed by atoms with Crippen LogP contribution < -0.4 is 25.3 Å². The number of anilines is 1. The minimum atomic E-state index is -0.500. The topological polar surface area (TPSA) is 99.9 Å². The second kappa shape index (κ2) is 11.9. The molecule has 33 heavy (non-hydrogen) atoms. The van der Waals surface area contributed by atoms with Crippen molar-refractivity contribution in [1.82, 2.24) is 0 Å². The quantitative estimate of drug-likeness (QED) is 0.588. The molecule has 2 aromatic rings. The van der Waals surface area contributed by atoms with Crippen LogP contribution in [0.15, 0.2) is 12.1 Å². The molecular formula is C25H34N2O5S. The Morgan fingerprint density at radius 2 is 1.39 bits per heavy atom. The smallest absolute Gasteiger partial charge is 0.256 e. The van der Waals surface area contributed by atoms with Crippen LogP contribution in [0.25, 0.3) is 0 Å². The van der Waals surface area contributed by atoms with E-state index in [2.05, 4.69) is 5.32 Å². The Hall–Kier alpha value is -2.74. The van der Waals surface area contributed by atoms with Crippen molar-refractivity contribution < 1.29 is 23.8 Å². The van der Waals surface area contributed by atoms with Gasteiger partial charge in [-0.2, -0.15) is 0 Å². The van der Waals surface area contributed by atoms with Gasteiger partial charge in [-0.25, -0.2) is 0 Å². The molecule has 0 saturated heterocycles. The highest BCUT2D eigenvalue weighted by Crippen LogP contribution is 2.40. The van der Waals surface area contributed by atoms with Gasteiger partial charge in [0.2, 0.25) is 5.75 Å². The number of thiophene rings is 1. The summed E-state index contributed by atoms with van der Waals surface area (Å²) in [5.41, 5.74) is 7.60. The highest BCUT2D eigenvalue weighted by molar-refractivity contribution is 7.17. The van der Waals surface area contributed by atoms with E-state index in [1.807, 2.05) is 0 Å². The molecule has 0 spiro atoms. The summed E-state index contributed by atoms with van der Waals surface area (Å²) in [6.45, 7) is 0. The average molecular weight is 475 g/mol. The molecule has 1 heterocycles. The molecule has 1 aliphatic rings. The van der Waals surface area contributed by atoms with E-state index in [1.165, 1.54) is 64.8 Å². The van der Waals surface area contributed by atoms with Crippen LogP contribution in [0.3, 0.4) is 0 Å². The minimum absolute atomic E-state index is 0.335. The summed E-state index contributed by atoms with van der Waals surface area (Å²) in [5, 5.41) is 3.44. The van der Waals surface area contributed by atoms with Gasteiger partial charge in [-0.1, -0.05) is 38.5 Å². The Bertz CT molecular complexity index is 960. The number of rotatable bonds is 6. The molecule has 1 aromatic heterocycles. The van der Waals surface area contributed by atoms with Crippen LogP contribution in [0.4, 0.5) is 5.00 Å². The first-order valence-electron chi connectivity index (χ1n) is 11.6. The molecule has 0 unspecified atom stereocenters. The molecule has 0 fully saturated rings. The third kappa shape index (κ3) is 5.99. The van der Waals surface area contributed by atoms with Gasteiger partial charge in [0.05, 0.1) is 26.9 Å². The number of aryl methyl sites for hydroxylation is 1. The number of methoxy groups -OCH3 is 3. The van der Waals surface area contributed by atoms with Crippen molar-refractivity contribution in [2.24, 2.45) is 5.73 Å². The zero-order valence-electron chi connectivity index (χ0n) is 19.8. The van der Waals surface area contributed by atoms with Crippen LogP contribution in [-0.4, -0.2) is 33.1 Å². The number of benzene rings is 1. The Balaban J connectivity index is 1.93. The first-order valence-corrected chi connectivity index (χ1v) is 12.4. The van der Waals surface area contributed by atoms with E-state index in [9.17, 15) is 9.59 Å². The number of nitrogens with one attached hydrogen (secondary N) is 1. The van der Waals surface area contributed by atoms with Crippen molar-refractivity contribution >= 4 is 28.2 Å². The molecule has 2 amide bonds. The normalized spacial score (nSPS) is 14.9. The Kier molecular flexibility index (Phi) is 9.00. The first kappa shape index (κ1) is 24.9.